The van der Waals surface area contributed by atoms with Crippen molar-refractivity contribution in [2.75, 3.05) is 18.8 Å². The van der Waals surface area contributed by atoms with Gasteiger partial charge in [0.05, 0.1) is 21.7 Å². The Hall–Kier alpha value is -2.95. The van der Waals surface area contributed by atoms with Crippen LogP contribution in [0.25, 0.3) is 0 Å². The van der Waals surface area contributed by atoms with Gasteiger partial charge in [0.15, 0.2) is 0 Å². The number of carbonyl (C=O) groups is 2. The van der Waals surface area contributed by atoms with Gasteiger partial charge in [-0.2, -0.15) is 0 Å². The van der Waals surface area contributed by atoms with Crippen LogP contribution in [0, 0.1) is 10.1 Å². The Labute approximate surface area is 183 Å². The van der Waals surface area contributed by atoms with Crippen molar-refractivity contribution in [1.29, 1.82) is 0 Å². The third-order valence-electron chi connectivity index (χ3n) is 5.03. The number of amides is 2. The summed E-state index contributed by atoms with van der Waals surface area (Å²) in [5, 5.41) is 23.8. The second kappa shape index (κ2) is 10.4. The van der Waals surface area contributed by atoms with Crippen LogP contribution in [0.3, 0.4) is 0 Å². The Morgan fingerprint density at radius 2 is 2.00 bits per heavy atom. The topological polar surface area (TPSA) is 139 Å². The van der Waals surface area contributed by atoms with Crippen molar-refractivity contribution in [2.24, 2.45) is 5.73 Å². The van der Waals surface area contributed by atoms with Gasteiger partial charge in [-0.25, -0.2) is 0 Å². The summed E-state index contributed by atoms with van der Waals surface area (Å²) >= 11 is 1.03. The van der Waals surface area contributed by atoms with E-state index in [1.165, 1.54) is 12.1 Å². The van der Waals surface area contributed by atoms with Crippen LogP contribution in [0.1, 0.15) is 27.9 Å². The number of rotatable bonds is 9. The highest BCUT2D eigenvalue weighted by molar-refractivity contribution is 8.00. The number of nitrogens with zero attached hydrogens (tertiary/aromatic N) is 2. The molecule has 31 heavy (non-hydrogen) atoms. The van der Waals surface area contributed by atoms with Gasteiger partial charge in [-0.05, 0) is 29.7 Å². The number of aliphatic hydroxyl groups excluding tert-OH is 1. The average Bonchev–Trinajstić information content (AvgIpc) is 3.15. The summed E-state index contributed by atoms with van der Waals surface area (Å²) in [5.41, 5.74) is 7.03. The maximum Gasteiger partial charge on any atom is 0.283 e. The number of aliphatic hydroxyl groups is 1. The predicted molar refractivity (Wildman–Crippen MR) is 117 cm³/mol. The normalized spacial score (nSPS) is 16.2. The molecule has 0 spiro atoms. The largest absolute Gasteiger partial charge is 0.392 e. The van der Waals surface area contributed by atoms with Crippen LogP contribution in [0.5, 0.6) is 0 Å². The standard InChI is InChI=1S/C21H24N4O5S/c22-21(28)14-5-6-19(18(9-14)25(29)30)31-13-20(27)23-10-15-3-1-2-4-16(15)11-24-8-7-17(26)12-24/h1-6,9,17,26H,7-8,10-13H2,(H2,22,28)(H,23,27). The van der Waals surface area contributed by atoms with Gasteiger partial charge < -0.3 is 16.2 Å². The van der Waals surface area contributed by atoms with Crippen molar-refractivity contribution in [1.82, 2.24) is 10.2 Å². The predicted octanol–water partition coefficient (Wildman–Crippen LogP) is 1.67. The monoisotopic (exact) mass is 444 g/mol. The van der Waals surface area contributed by atoms with Crippen LogP contribution in [-0.4, -0.2) is 51.7 Å². The van der Waals surface area contributed by atoms with E-state index < -0.39 is 10.8 Å². The summed E-state index contributed by atoms with van der Waals surface area (Å²) in [6.45, 7) is 2.53. The van der Waals surface area contributed by atoms with Gasteiger partial charge in [0.25, 0.3) is 5.69 Å². The van der Waals surface area contributed by atoms with E-state index in [0.717, 1.165) is 41.9 Å². The van der Waals surface area contributed by atoms with Gasteiger partial charge in [0, 0.05) is 37.8 Å². The number of hydrogen-bond donors (Lipinski definition) is 3. The minimum absolute atomic E-state index is 0.00274. The Morgan fingerprint density at radius 1 is 1.26 bits per heavy atom. The van der Waals surface area contributed by atoms with E-state index in [9.17, 15) is 24.8 Å². The van der Waals surface area contributed by atoms with E-state index in [2.05, 4.69) is 10.2 Å². The van der Waals surface area contributed by atoms with Crippen molar-refractivity contribution >= 4 is 29.3 Å². The number of nitrogens with one attached hydrogen (secondary N) is 1. The number of benzene rings is 2. The number of primary amides is 1. The number of thioether (sulfide) groups is 1. The van der Waals surface area contributed by atoms with E-state index in [1.54, 1.807) is 0 Å². The molecule has 1 atom stereocenters. The van der Waals surface area contributed by atoms with Gasteiger partial charge >= 0.3 is 0 Å². The number of carbonyl (C=O) groups excluding carboxylic acids is 2. The molecule has 1 heterocycles. The fourth-order valence-electron chi connectivity index (χ4n) is 3.40. The number of β-amino-alcohol motifs (C(OH)–C–C–N with tert-alkyl or cyclic N) is 1. The second-order valence-corrected chi connectivity index (χ2v) is 8.33. The highest BCUT2D eigenvalue weighted by atomic mass is 32.2. The molecule has 2 amide bonds. The lowest BCUT2D eigenvalue weighted by Crippen LogP contribution is -2.26. The molecule has 4 N–H and O–H groups in total. The van der Waals surface area contributed by atoms with E-state index in [0.29, 0.717) is 19.6 Å². The molecule has 1 fully saturated rings. The molecule has 10 heteroatoms. The molecule has 3 rings (SSSR count). The third kappa shape index (κ3) is 6.27. The summed E-state index contributed by atoms with van der Waals surface area (Å²) in [7, 11) is 0. The van der Waals surface area contributed by atoms with Gasteiger partial charge in [0.1, 0.15) is 0 Å². The molecular weight excluding hydrogens is 420 g/mol. The molecule has 0 radical (unpaired) electrons. The van der Waals surface area contributed by atoms with Gasteiger partial charge in [0.2, 0.25) is 11.8 Å². The highest BCUT2D eigenvalue weighted by Gasteiger charge is 2.21. The molecule has 9 nitrogen and oxygen atoms in total. The summed E-state index contributed by atoms with van der Waals surface area (Å²) in [5.74, 6) is -1.01. The van der Waals surface area contributed by atoms with Crippen LogP contribution in [0.2, 0.25) is 0 Å². The fourth-order valence-corrected chi connectivity index (χ4v) is 4.24. The van der Waals surface area contributed by atoms with Crippen LogP contribution < -0.4 is 11.1 Å². The van der Waals surface area contributed by atoms with Gasteiger partial charge in [-0.1, -0.05) is 24.3 Å². The summed E-state index contributed by atoms with van der Waals surface area (Å²) < 4.78 is 0. The molecule has 1 saturated heterocycles. The average molecular weight is 445 g/mol. The zero-order chi connectivity index (χ0) is 22.4. The molecular formula is C21H24N4O5S. The van der Waals surface area contributed by atoms with Gasteiger partial charge in [-0.15, -0.1) is 11.8 Å². The molecule has 0 aliphatic carbocycles. The first-order valence-electron chi connectivity index (χ1n) is 9.78. The lowest BCUT2D eigenvalue weighted by molar-refractivity contribution is -0.387. The smallest absolute Gasteiger partial charge is 0.283 e. The Bertz CT molecular complexity index is 984. The van der Waals surface area contributed by atoms with E-state index >= 15 is 0 Å². The van der Waals surface area contributed by atoms with Crippen LogP contribution >= 0.6 is 11.8 Å². The summed E-state index contributed by atoms with van der Waals surface area (Å²) in [6, 6.07) is 11.7. The van der Waals surface area contributed by atoms with Crippen molar-refractivity contribution in [3.05, 3.63) is 69.3 Å². The Kier molecular flexibility index (Phi) is 7.61. The number of nitro groups is 1. The maximum atomic E-state index is 12.3. The zero-order valence-electron chi connectivity index (χ0n) is 16.8. The second-order valence-electron chi connectivity index (χ2n) is 7.32. The van der Waals surface area contributed by atoms with E-state index in [4.69, 9.17) is 5.73 Å². The SMILES string of the molecule is NC(=O)c1ccc(SCC(=O)NCc2ccccc2CN2CCC(O)C2)c([N+](=O)[O-])c1. The maximum absolute atomic E-state index is 12.3. The zero-order valence-corrected chi connectivity index (χ0v) is 17.6. The number of nitrogens with two attached hydrogens (primary N) is 1. The molecule has 0 saturated carbocycles. The van der Waals surface area contributed by atoms with Crippen molar-refractivity contribution in [3.8, 4) is 0 Å². The number of likely N-dealkylation sites (tertiary alicyclic amines) is 1. The highest BCUT2D eigenvalue weighted by Crippen LogP contribution is 2.30. The molecule has 1 unspecified atom stereocenters. The molecule has 2 aromatic rings. The molecule has 1 aliphatic rings. The van der Waals surface area contributed by atoms with Crippen LogP contribution in [0.4, 0.5) is 5.69 Å². The Morgan fingerprint density at radius 3 is 2.65 bits per heavy atom. The van der Waals surface area contributed by atoms with Crippen LogP contribution in [-0.2, 0) is 17.9 Å². The lowest BCUT2D eigenvalue weighted by atomic mass is 10.1. The van der Waals surface area contributed by atoms with Crippen LogP contribution in [0.15, 0.2) is 47.4 Å². The first-order valence-corrected chi connectivity index (χ1v) is 10.8. The van der Waals surface area contributed by atoms with E-state index in [1.807, 2.05) is 24.3 Å². The van der Waals surface area contributed by atoms with Crippen molar-refractivity contribution in [2.45, 2.75) is 30.5 Å². The van der Waals surface area contributed by atoms with Crippen molar-refractivity contribution < 1.29 is 19.6 Å². The molecule has 0 bridgehead atoms. The lowest BCUT2D eigenvalue weighted by Gasteiger charge is -2.18. The molecule has 1 aliphatic heterocycles. The van der Waals surface area contributed by atoms with Crippen molar-refractivity contribution in [3.63, 3.8) is 0 Å². The first-order chi connectivity index (χ1) is 14.8. The molecule has 2 aromatic carbocycles. The molecule has 164 valence electrons. The number of nitro benzene ring substituents is 1. The quantitative estimate of drug-likeness (QED) is 0.304. The number of hydrogen-bond acceptors (Lipinski definition) is 7. The summed E-state index contributed by atoms with van der Waals surface area (Å²) in [4.78, 5) is 36.7. The first kappa shape index (κ1) is 22.7. The minimum atomic E-state index is -0.750. The van der Waals surface area contributed by atoms with E-state index in [-0.39, 0.29) is 33.9 Å². The summed E-state index contributed by atoms with van der Waals surface area (Å²) in [6.07, 6.45) is 0.479. The Balaban J connectivity index is 1.57. The van der Waals surface area contributed by atoms with Gasteiger partial charge in [-0.3, -0.25) is 24.6 Å². The fraction of sp³-hybridized carbons (Fsp3) is 0.333. The molecule has 0 aromatic heterocycles. The minimum Gasteiger partial charge on any atom is -0.392 e. The third-order valence-corrected chi connectivity index (χ3v) is 6.10.